The van der Waals surface area contributed by atoms with E-state index in [0.29, 0.717) is 14.2 Å². The summed E-state index contributed by atoms with van der Waals surface area (Å²) < 4.78 is 0.371. The molecule has 1 amide bonds. The van der Waals surface area contributed by atoms with Gasteiger partial charge in [-0.1, -0.05) is 35.5 Å². The topological polar surface area (TPSA) is 52.9 Å². The molecule has 0 saturated carbocycles. The number of phenolic OH excluding ortho intramolecular Hbond substituents is 1. The average molecular weight is 375 g/mol. The molecule has 1 aliphatic rings. The van der Waals surface area contributed by atoms with Crippen molar-refractivity contribution in [3.05, 3.63) is 69.6 Å². The van der Waals surface area contributed by atoms with Crippen LogP contribution >= 0.6 is 35.6 Å². The fourth-order valence-electron chi connectivity index (χ4n) is 1.95. The van der Waals surface area contributed by atoms with Gasteiger partial charge in [-0.15, -0.1) is 0 Å². The molecule has 0 radical (unpaired) electrons. The lowest BCUT2D eigenvalue weighted by Crippen LogP contribution is -2.22. The van der Waals surface area contributed by atoms with Crippen LogP contribution in [-0.4, -0.2) is 26.6 Å². The van der Waals surface area contributed by atoms with Gasteiger partial charge in [0, 0.05) is 5.02 Å². The van der Waals surface area contributed by atoms with Crippen molar-refractivity contribution in [2.45, 2.75) is 0 Å². The van der Waals surface area contributed by atoms with Gasteiger partial charge in [-0.3, -0.25) is 4.79 Å². The second-order valence-corrected chi connectivity index (χ2v) is 6.99. The Balaban J connectivity index is 1.78. The van der Waals surface area contributed by atoms with Crippen LogP contribution in [0.2, 0.25) is 5.02 Å². The molecule has 4 nitrogen and oxygen atoms in total. The van der Waals surface area contributed by atoms with E-state index < -0.39 is 0 Å². The number of carbonyl (C=O) groups excluding carboxylic acids is 1. The number of amides is 1. The first kappa shape index (κ1) is 16.7. The first-order chi connectivity index (χ1) is 11.5. The largest absolute Gasteiger partial charge is 0.508 e. The lowest BCUT2D eigenvalue weighted by Gasteiger charge is -2.06. The van der Waals surface area contributed by atoms with Crippen LogP contribution in [-0.2, 0) is 4.79 Å². The van der Waals surface area contributed by atoms with Crippen LogP contribution in [0.3, 0.4) is 0 Å². The summed E-state index contributed by atoms with van der Waals surface area (Å²) in [6, 6.07) is 13.7. The Hall–Kier alpha value is -2.15. The van der Waals surface area contributed by atoms with E-state index in [4.69, 9.17) is 23.8 Å². The van der Waals surface area contributed by atoms with Crippen molar-refractivity contribution in [2.24, 2.45) is 5.10 Å². The van der Waals surface area contributed by atoms with Crippen LogP contribution in [0.1, 0.15) is 11.1 Å². The molecule has 0 atom stereocenters. The third-order valence-corrected chi connectivity index (χ3v) is 4.69. The quantitative estimate of drug-likeness (QED) is 0.495. The summed E-state index contributed by atoms with van der Waals surface area (Å²) in [6.07, 6.45) is 3.28. The SMILES string of the molecule is O=C1/C(=C\c2ccc(Cl)cc2)SC(=S)N1/N=C/c1ccc(O)cc1. The zero-order valence-corrected chi connectivity index (χ0v) is 14.6. The average Bonchev–Trinajstić information content (AvgIpc) is 2.83. The highest BCUT2D eigenvalue weighted by Crippen LogP contribution is 2.32. The molecule has 2 aromatic rings. The van der Waals surface area contributed by atoms with Gasteiger partial charge in [-0.05, 0) is 65.8 Å². The van der Waals surface area contributed by atoms with E-state index in [1.807, 2.05) is 12.1 Å². The second kappa shape index (κ2) is 7.17. The van der Waals surface area contributed by atoms with Crippen LogP contribution in [0.15, 0.2) is 58.5 Å². The summed E-state index contributed by atoms with van der Waals surface area (Å²) in [4.78, 5) is 12.9. The van der Waals surface area contributed by atoms with Gasteiger partial charge in [0.05, 0.1) is 11.1 Å². The van der Waals surface area contributed by atoms with Gasteiger partial charge < -0.3 is 5.11 Å². The van der Waals surface area contributed by atoms with Gasteiger partial charge in [0.25, 0.3) is 5.91 Å². The number of benzene rings is 2. The van der Waals surface area contributed by atoms with Gasteiger partial charge >= 0.3 is 0 Å². The van der Waals surface area contributed by atoms with E-state index >= 15 is 0 Å². The summed E-state index contributed by atoms with van der Waals surface area (Å²) in [5.74, 6) is -0.0985. The molecule has 0 bridgehead atoms. The minimum atomic E-state index is -0.269. The lowest BCUT2D eigenvalue weighted by molar-refractivity contribution is -0.122. The van der Waals surface area contributed by atoms with Gasteiger partial charge in [0.1, 0.15) is 5.75 Å². The highest BCUT2D eigenvalue weighted by Gasteiger charge is 2.31. The van der Waals surface area contributed by atoms with Gasteiger partial charge in [0.15, 0.2) is 4.32 Å². The van der Waals surface area contributed by atoms with Crippen molar-refractivity contribution < 1.29 is 9.90 Å². The van der Waals surface area contributed by atoms with Crippen molar-refractivity contribution in [1.82, 2.24) is 5.01 Å². The molecular formula is C17H11ClN2O2S2. The Morgan fingerprint density at radius 3 is 2.38 bits per heavy atom. The molecule has 0 aromatic heterocycles. The van der Waals surface area contributed by atoms with Gasteiger partial charge in [0.2, 0.25) is 0 Å². The van der Waals surface area contributed by atoms with E-state index in [-0.39, 0.29) is 11.7 Å². The molecule has 0 aliphatic carbocycles. The van der Waals surface area contributed by atoms with Crippen LogP contribution in [0, 0.1) is 0 Å². The Morgan fingerprint density at radius 2 is 1.71 bits per heavy atom. The number of aromatic hydroxyl groups is 1. The molecule has 24 heavy (non-hydrogen) atoms. The molecule has 7 heteroatoms. The number of carbonyl (C=O) groups is 1. The number of hydrogen-bond donors (Lipinski definition) is 1. The van der Waals surface area contributed by atoms with E-state index in [0.717, 1.165) is 11.1 Å². The number of thiocarbonyl (C=S) groups is 1. The Kier molecular flexibility index (Phi) is 4.99. The van der Waals surface area contributed by atoms with Crippen LogP contribution in [0.4, 0.5) is 0 Å². The molecule has 1 heterocycles. The van der Waals surface area contributed by atoms with Crippen molar-refractivity contribution >= 4 is 58.1 Å². The summed E-state index contributed by atoms with van der Waals surface area (Å²) in [5, 5.41) is 15.2. The lowest BCUT2D eigenvalue weighted by atomic mass is 10.2. The number of rotatable bonds is 3. The third kappa shape index (κ3) is 3.84. The highest BCUT2D eigenvalue weighted by atomic mass is 35.5. The van der Waals surface area contributed by atoms with E-state index in [1.54, 1.807) is 42.5 Å². The van der Waals surface area contributed by atoms with Crippen LogP contribution in [0.25, 0.3) is 6.08 Å². The number of nitrogens with zero attached hydrogens (tertiary/aromatic N) is 2. The van der Waals surface area contributed by atoms with Crippen molar-refractivity contribution in [3.8, 4) is 5.75 Å². The zero-order chi connectivity index (χ0) is 17.1. The number of hydrazone groups is 1. The zero-order valence-electron chi connectivity index (χ0n) is 12.2. The smallest absolute Gasteiger partial charge is 0.286 e. The summed E-state index contributed by atoms with van der Waals surface area (Å²) >= 11 is 12.3. The van der Waals surface area contributed by atoms with Crippen LogP contribution < -0.4 is 0 Å². The van der Waals surface area contributed by atoms with Crippen molar-refractivity contribution in [3.63, 3.8) is 0 Å². The molecule has 120 valence electrons. The second-order valence-electron chi connectivity index (χ2n) is 4.88. The highest BCUT2D eigenvalue weighted by molar-refractivity contribution is 8.26. The first-order valence-corrected chi connectivity index (χ1v) is 8.50. The normalized spacial score (nSPS) is 16.5. The standard InChI is InChI=1S/C17H11ClN2O2S2/c18-13-5-1-11(2-6-13)9-15-16(22)20(17(23)24-15)19-10-12-3-7-14(21)8-4-12/h1-10,21H/b15-9+,19-10+. The predicted molar refractivity (Wildman–Crippen MR) is 102 cm³/mol. The molecule has 0 spiro atoms. The predicted octanol–water partition coefficient (Wildman–Crippen LogP) is 4.28. The monoisotopic (exact) mass is 374 g/mol. The molecule has 1 fully saturated rings. The van der Waals surface area contributed by atoms with E-state index in [9.17, 15) is 9.90 Å². The molecular weight excluding hydrogens is 364 g/mol. The maximum absolute atomic E-state index is 12.4. The fourth-order valence-corrected chi connectivity index (χ4v) is 3.25. The van der Waals surface area contributed by atoms with E-state index in [1.165, 1.54) is 23.0 Å². The molecule has 1 N–H and O–H groups in total. The number of halogens is 1. The fraction of sp³-hybridized carbons (Fsp3) is 0. The maximum Gasteiger partial charge on any atom is 0.286 e. The summed E-state index contributed by atoms with van der Waals surface area (Å²) in [5.41, 5.74) is 1.62. The first-order valence-electron chi connectivity index (χ1n) is 6.89. The number of hydrogen-bond acceptors (Lipinski definition) is 5. The molecule has 2 aromatic carbocycles. The maximum atomic E-state index is 12.4. The van der Waals surface area contributed by atoms with Crippen molar-refractivity contribution in [2.75, 3.05) is 0 Å². The third-order valence-electron chi connectivity index (χ3n) is 3.16. The molecule has 3 rings (SSSR count). The minimum absolute atomic E-state index is 0.170. The summed E-state index contributed by atoms with van der Waals surface area (Å²) in [7, 11) is 0. The van der Waals surface area contributed by atoms with Crippen molar-refractivity contribution in [1.29, 1.82) is 0 Å². The Morgan fingerprint density at radius 1 is 1.08 bits per heavy atom. The Bertz CT molecular complexity index is 846. The minimum Gasteiger partial charge on any atom is -0.508 e. The number of thioether (sulfide) groups is 1. The molecule has 1 saturated heterocycles. The molecule has 1 aliphatic heterocycles. The van der Waals surface area contributed by atoms with Gasteiger partial charge in [-0.25, -0.2) is 0 Å². The number of phenols is 1. The van der Waals surface area contributed by atoms with Gasteiger partial charge in [-0.2, -0.15) is 10.1 Å². The Labute approximate surface area is 153 Å². The molecule has 0 unspecified atom stereocenters. The summed E-state index contributed by atoms with van der Waals surface area (Å²) in [6.45, 7) is 0. The van der Waals surface area contributed by atoms with Crippen LogP contribution in [0.5, 0.6) is 5.75 Å². The van der Waals surface area contributed by atoms with E-state index in [2.05, 4.69) is 5.10 Å².